The van der Waals surface area contributed by atoms with Crippen LogP contribution in [0.2, 0.25) is 0 Å². The lowest BCUT2D eigenvalue weighted by Crippen LogP contribution is -2.29. The van der Waals surface area contributed by atoms with Crippen molar-refractivity contribution in [1.29, 1.82) is 0 Å². The monoisotopic (exact) mass is 526 g/mol. The van der Waals surface area contributed by atoms with E-state index in [1.807, 2.05) is 4.90 Å². The normalized spacial score (nSPS) is 20.8. The van der Waals surface area contributed by atoms with E-state index in [1.165, 1.54) is 12.1 Å². The van der Waals surface area contributed by atoms with Gasteiger partial charge in [0.15, 0.2) is 0 Å². The van der Waals surface area contributed by atoms with Crippen molar-refractivity contribution in [2.75, 3.05) is 29.0 Å². The fourth-order valence-corrected chi connectivity index (χ4v) is 5.23. The van der Waals surface area contributed by atoms with E-state index < -0.39 is 34.5 Å². The Balaban J connectivity index is 1.48. The Morgan fingerprint density at radius 1 is 1.22 bits per heavy atom. The van der Waals surface area contributed by atoms with Gasteiger partial charge in [-0.3, -0.25) is 9.52 Å². The molecule has 2 fully saturated rings. The maximum Gasteiger partial charge on any atom is 0.433 e. The van der Waals surface area contributed by atoms with Crippen LogP contribution in [0.25, 0.3) is 0 Å². The van der Waals surface area contributed by atoms with E-state index in [1.54, 1.807) is 19.1 Å². The second kappa shape index (κ2) is 9.89. The molecule has 3 N–H and O–H groups in total. The summed E-state index contributed by atoms with van der Waals surface area (Å²) in [6.45, 7) is 2.65. The predicted molar refractivity (Wildman–Crippen MR) is 129 cm³/mol. The summed E-state index contributed by atoms with van der Waals surface area (Å²) >= 11 is 0. The molecule has 1 aliphatic heterocycles. The van der Waals surface area contributed by atoms with Crippen LogP contribution >= 0.6 is 0 Å². The van der Waals surface area contributed by atoms with Crippen LogP contribution in [0.5, 0.6) is 0 Å². The van der Waals surface area contributed by atoms with Gasteiger partial charge in [0.2, 0.25) is 15.9 Å². The number of benzene rings is 1. The standard InChI is InChI=1S/C24H29F3N4O4S/c1-14(15-5-7-20(16(11-15)13-32)30-36(2,34)35)28-23(33)19-12-18(19)17-6-8-21(24(25,26)27)29-22(17)31-9-3-4-10-31/h5-8,11,14,18-19,30,32H,3-4,9-10,12-13H2,1-2H3,(H,28,33)/t14-,18-,19+/m1/s1. The number of anilines is 2. The Kier molecular flexibility index (Phi) is 7.20. The van der Waals surface area contributed by atoms with E-state index in [4.69, 9.17) is 0 Å². The number of hydrogen-bond acceptors (Lipinski definition) is 6. The number of hydrogen-bond donors (Lipinski definition) is 3. The number of pyridine rings is 1. The second-order valence-corrected chi connectivity index (χ2v) is 11.2. The number of carbonyl (C=O) groups excluding carboxylic acids is 1. The van der Waals surface area contributed by atoms with Gasteiger partial charge in [0.1, 0.15) is 11.5 Å². The van der Waals surface area contributed by atoms with Gasteiger partial charge in [0.05, 0.1) is 24.6 Å². The molecule has 3 atom stereocenters. The van der Waals surface area contributed by atoms with Gasteiger partial charge in [0, 0.05) is 24.6 Å². The minimum absolute atomic E-state index is 0.211. The Labute approximate surface area is 208 Å². The molecule has 1 amide bonds. The van der Waals surface area contributed by atoms with Crippen LogP contribution in [0.3, 0.4) is 0 Å². The third kappa shape index (κ3) is 5.92. The number of aromatic nitrogens is 1. The van der Waals surface area contributed by atoms with E-state index in [0.717, 1.165) is 25.2 Å². The number of amides is 1. The van der Waals surface area contributed by atoms with Crippen molar-refractivity contribution >= 4 is 27.4 Å². The number of nitrogens with one attached hydrogen (secondary N) is 2. The molecule has 12 heteroatoms. The van der Waals surface area contributed by atoms with Crippen molar-refractivity contribution in [3.05, 3.63) is 52.7 Å². The summed E-state index contributed by atoms with van der Waals surface area (Å²) in [5.74, 6) is -0.492. The molecule has 196 valence electrons. The number of aliphatic hydroxyl groups is 1. The van der Waals surface area contributed by atoms with Crippen molar-refractivity contribution in [3.63, 3.8) is 0 Å². The number of sulfonamides is 1. The molecule has 1 saturated carbocycles. The molecule has 0 spiro atoms. The average Bonchev–Trinajstić information content (AvgIpc) is 3.41. The van der Waals surface area contributed by atoms with Gasteiger partial charge in [-0.2, -0.15) is 13.2 Å². The molecular weight excluding hydrogens is 497 g/mol. The lowest BCUT2D eigenvalue weighted by atomic mass is 10.0. The summed E-state index contributed by atoms with van der Waals surface area (Å²) in [6.07, 6.45) is -1.23. The van der Waals surface area contributed by atoms with Gasteiger partial charge in [-0.1, -0.05) is 12.1 Å². The molecule has 4 rings (SSSR count). The minimum atomic E-state index is -4.54. The van der Waals surface area contributed by atoms with Gasteiger partial charge < -0.3 is 15.3 Å². The van der Waals surface area contributed by atoms with Crippen LogP contribution in [0.1, 0.15) is 60.5 Å². The van der Waals surface area contributed by atoms with E-state index in [0.29, 0.717) is 42.0 Å². The first kappa shape index (κ1) is 26.2. The number of alkyl halides is 3. The zero-order valence-electron chi connectivity index (χ0n) is 20.0. The molecule has 8 nitrogen and oxygen atoms in total. The molecule has 0 bridgehead atoms. The molecule has 2 aliphatic rings. The highest BCUT2D eigenvalue weighted by Crippen LogP contribution is 2.51. The first-order valence-corrected chi connectivity index (χ1v) is 13.6. The van der Waals surface area contributed by atoms with E-state index in [9.17, 15) is 31.5 Å². The van der Waals surface area contributed by atoms with Crippen LogP contribution in [-0.2, 0) is 27.6 Å². The maximum atomic E-state index is 13.3. The summed E-state index contributed by atoms with van der Waals surface area (Å²) < 4.78 is 65.2. The molecule has 1 aliphatic carbocycles. The SMILES string of the molecule is C[C@@H](NC(=O)[C@H]1C[C@@H]1c1ccc(C(F)(F)F)nc1N1CCCC1)c1ccc(NS(C)(=O)=O)c(CO)c1. The Morgan fingerprint density at radius 2 is 1.92 bits per heavy atom. The molecule has 2 heterocycles. The van der Waals surface area contributed by atoms with Gasteiger partial charge in [-0.15, -0.1) is 0 Å². The molecule has 36 heavy (non-hydrogen) atoms. The van der Waals surface area contributed by atoms with Crippen molar-refractivity contribution < 1.29 is 31.5 Å². The number of aliphatic hydroxyl groups excluding tert-OH is 1. The molecule has 1 saturated heterocycles. The summed E-state index contributed by atoms with van der Waals surface area (Å²) in [4.78, 5) is 18.8. The first-order chi connectivity index (χ1) is 16.9. The van der Waals surface area contributed by atoms with Crippen LogP contribution in [0, 0.1) is 5.92 Å². The lowest BCUT2D eigenvalue weighted by Gasteiger charge is -2.22. The molecule has 0 radical (unpaired) electrons. The predicted octanol–water partition coefficient (Wildman–Crippen LogP) is 3.55. The lowest BCUT2D eigenvalue weighted by molar-refractivity contribution is -0.141. The topological polar surface area (TPSA) is 112 Å². The highest BCUT2D eigenvalue weighted by atomic mass is 32.2. The van der Waals surface area contributed by atoms with Gasteiger partial charge >= 0.3 is 6.18 Å². The van der Waals surface area contributed by atoms with E-state index in [-0.39, 0.29) is 23.4 Å². The average molecular weight is 527 g/mol. The van der Waals surface area contributed by atoms with Gasteiger partial charge in [-0.25, -0.2) is 13.4 Å². The van der Waals surface area contributed by atoms with Crippen molar-refractivity contribution in [3.8, 4) is 0 Å². The van der Waals surface area contributed by atoms with Crippen LogP contribution in [0.15, 0.2) is 30.3 Å². The van der Waals surface area contributed by atoms with Crippen molar-refractivity contribution in [2.45, 2.75) is 50.9 Å². The van der Waals surface area contributed by atoms with Crippen LogP contribution < -0.4 is 14.9 Å². The third-order valence-electron chi connectivity index (χ3n) is 6.58. The smallest absolute Gasteiger partial charge is 0.392 e. The number of carbonyl (C=O) groups is 1. The Bertz CT molecular complexity index is 1250. The van der Waals surface area contributed by atoms with Crippen molar-refractivity contribution in [2.24, 2.45) is 5.92 Å². The molecule has 1 aromatic heterocycles. The Hall–Kier alpha value is -2.86. The fraction of sp³-hybridized carbons (Fsp3) is 0.500. The maximum absolute atomic E-state index is 13.3. The highest BCUT2D eigenvalue weighted by molar-refractivity contribution is 7.92. The van der Waals surface area contributed by atoms with Gasteiger partial charge in [-0.05, 0) is 61.4 Å². The van der Waals surface area contributed by atoms with Gasteiger partial charge in [0.25, 0.3) is 0 Å². The number of nitrogens with zero attached hydrogens (tertiary/aromatic N) is 2. The van der Waals surface area contributed by atoms with Crippen molar-refractivity contribution in [1.82, 2.24) is 10.3 Å². The third-order valence-corrected chi connectivity index (χ3v) is 7.17. The molecular formula is C24H29F3N4O4S. The highest BCUT2D eigenvalue weighted by Gasteiger charge is 2.47. The summed E-state index contributed by atoms with van der Waals surface area (Å²) in [6, 6.07) is 6.81. The second-order valence-electron chi connectivity index (χ2n) is 9.43. The molecule has 2 aromatic rings. The summed E-state index contributed by atoms with van der Waals surface area (Å²) in [7, 11) is -3.52. The number of halogens is 3. The van der Waals surface area contributed by atoms with Crippen LogP contribution in [0.4, 0.5) is 24.7 Å². The zero-order chi connectivity index (χ0) is 26.3. The van der Waals surface area contributed by atoms with E-state index >= 15 is 0 Å². The quantitative estimate of drug-likeness (QED) is 0.485. The zero-order valence-corrected chi connectivity index (χ0v) is 20.8. The minimum Gasteiger partial charge on any atom is -0.392 e. The summed E-state index contributed by atoms with van der Waals surface area (Å²) in [5, 5.41) is 12.6. The molecule has 0 unspecified atom stereocenters. The van der Waals surface area contributed by atoms with E-state index in [2.05, 4.69) is 15.0 Å². The Morgan fingerprint density at radius 3 is 2.53 bits per heavy atom. The first-order valence-electron chi connectivity index (χ1n) is 11.7. The number of rotatable bonds is 8. The fourth-order valence-electron chi connectivity index (χ4n) is 4.63. The summed E-state index contributed by atoms with van der Waals surface area (Å²) in [5.41, 5.74) is 1.04. The largest absolute Gasteiger partial charge is 0.433 e. The molecule has 1 aromatic carbocycles. The van der Waals surface area contributed by atoms with Crippen LogP contribution in [-0.4, -0.2) is 43.8 Å².